The first-order valence-corrected chi connectivity index (χ1v) is 10.2. The predicted molar refractivity (Wildman–Crippen MR) is 115 cm³/mol. The molecule has 0 saturated heterocycles. The van der Waals surface area contributed by atoms with Gasteiger partial charge < -0.3 is 24.1 Å². The number of fused-ring (bicyclic) bond motifs is 1. The molecule has 160 valence electrons. The molecule has 0 unspecified atom stereocenters. The summed E-state index contributed by atoms with van der Waals surface area (Å²) in [7, 11) is 1.54. The fraction of sp³-hybridized carbons (Fsp3) is 0.545. The van der Waals surface area contributed by atoms with Gasteiger partial charge in [0.05, 0.1) is 0 Å². The van der Waals surface area contributed by atoms with E-state index in [1.807, 2.05) is 12.1 Å². The second-order valence-electron chi connectivity index (χ2n) is 7.10. The average molecular weight is 405 g/mol. The summed E-state index contributed by atoms with van der Waals surface area (Å²) in [6, 6.07) is 5.47. The van der Waals surface area contributed by atoms with Gasteiger partial charge in [-0.25, -0.2) is 4.79 Å². The van der Waals surface area contributed by atoms with Crippen LogP contribution in [0.2, 0.25) is 0 Å². The summed E-state index contributed by atoms with van der Waals surface area (Å²) in [5, 5.41) is 3.18. The third kappa shape index (κ3) is 6.58. The van der Waals surface area contributed by atoms with Crippen molar-refractivity contribution < 1.29 is 18.7 Å². The van der Waals surface area contributed by atoms with Gasteiger partial charge in [0.2, 0.25) is 5.91 Å². The van der Waals surface area contributed by atoms with Crippen LogP contribution in [0.1, 0.15) is 45.6 Å². The molecule has 0 aliphatic rings. The number of methoxy groups -OCH3 is 1. The number of carbonyl (C=O) groups is 1. The normalized spacial score (nSPS) is 11.2. The van der Waals surface area contributed by atoms with E-state index in [1.54, 1.807) is 13.2 Å². The Bertz CT molecular complexity index is 856. The first kappa shape index (κ1) is 22.9. The lowest BCUT2D eigenvalue weighted by atomic mass is 10.1. The molecular formula is C22H32N2O5. The second kappa shape index (κ2) is 11.6. The summed E-state index contributed by atoms with van der Waals surface area (Å²) in [4.78, 5) is 26.0. The van der Waals surface area contributed by atoms with Crippen LogP contribution in [0.15, 0.2) is 27.4 Å². The molecule has 2 aromatic rings. The topological polar surface area (TPSA) is 81.0 Å². The fourth-order valence-electron chi connectivity index (χ4n) is 3.41. The lowest BCUT2D eigenvalue weighted by Gasteiger charge is -2.21. The number of nitrogens with one attached hydrogen (secondary N) is 1. The van der Waals surface area contributed by atoms with Crippen molar-refractivity contribution in [1.82, 2.24) is 4.90 Å². The Morgan fingerprint density at radius 1 is 1.17 bits per heavy atom. The molecule has 1 N–H and O–H groups in total. The van der Waals surface area contributed by atoms with E-state index in [0.29, 0.717) is 16.7 Å². The molecule has 0 fully saturated rings. The molecule has 1 heterocycles. The van der Waals surface area contributed by atoms with Crippen molar-refractivity contribution in [3.63, 3.8) is 0 Å². The summed E-state index contributed by atoms with van der Waals surface area (Å²) in [5.74, 6) is 0.196. The van der Waals surface area contributed by atoms with Gasteiger partial charge in [-0.05, 0) is 56.9 Å². The minimum Gasteiger partial charge on any atom is -0.463 e. The molecule has 0 spiro atoms. The monoisotopic (exact) mass is 404 g/mol. The number of hydrogen-bond acceptors (Lipinski definition) is 6. The molecule has 0 bridgehead atoms. The smallest absolute Gasteiger partial charge is 0.360 e. The molecule has 1 aromatic heterocycles. The van der Waals surface area contributed by atoms with Crippen LogP contribution in [-0.4, -0.2) is 44.3 Å². The molecule has 2 rings (SSSR count). The van der Waals surface area contributed by atoms with Crippen LogP contribution in [0.4, 0.5) is 5.69 Å². The van der Waals surface area contributed by atoms with Crippen LogP contribution in [0.3, 0.4) is 0 Å². The molecule has 0 aliphatic carbocycles. The van der Waals surface area contributed by atoms with Crippen LogP contribution in [0, 0.1) is 0 Å². The van der Waals surface area contributed by atoms with Gasteiger partial charge in [0.25, 0.3) is 0 Å². The van der Waals surface area contributed by atoms with E-state index >= 15 is 0 Å². The first-order chi connectivity index (χ1) is 14.0. The maximum atomic E-state index is 12.3. The molecule has 29 heavy (non-hydrogen) atoms. The zero-order valence-corrected chi connectivity index (χ0v) is 17.9. The number of amides is 1. The third-order valence-electron chi connectivity index (χ3n) is 4.57. The van der Waals surface area contributed by atoms with Crippen molar-refractivity contribution in [2.45, 2.75) is 46.5 Å². The second-order valence-corrected chi connectivity index (χ2v) is 7.10. The van der Waals surface area contributed by atoms with E-state index in [9.17, 15) is 9.59 Å². The number of carbonyl (C=O) groups excluding carboxylic acids is 1. The summed E-state index contributed by atoms with van der Waals surface area (Å²) >= 11 is 0. The van der Waals surface area contributed by atoms with Gasteiger partial charge in [-0.3, -0.25) is 4.79 Å². The van der Waals surface area contributed by atoms with Gasteiger partial charge in [0, 0.05) is 19.4 Å². The Kier molecular flexibility index (Phi) is 9.15. The molecule has 0 radical (unpaired) electrons. The van der Waals surface area contributed by atoms with Crippen molar-refractivity contribution in [3.8, 4) is 5.75 Å². The summed E-state index contributed by atoms with van der Waals surface area (Å²) < 4.78 is 16.3. The third-order valence-corrected chi connectivity index (χ3v) is 4.57. The van der Waals surface area contributed by atoms with Crippen LogP contribution >= 0.6 is 0 Å². The number of hydrogen-bond donors (Lipinski definition) is 1. The Morgan fingerprint density at radius 3 is 2.52 bits per heavy atom. The highest BCUT2D eigenvalue weighted by Gasteiger charge is 2.15. The zero-order chi connectivity index (χ0) is 21.2. The molecule has 1 aromatic carbocycles. The molecule has 1 amide bonds. The minimum atomic E-state index is -0.607. The molecular weight excluding hydrogens is 372 g/mol. The Morgan fingerprint density at radius 2 is 1.90 bits per heavy atom. The van der Waals surface area contributed by atoms with Crippen molar-refractivity contribution in [1.29, 1.82) is 0 Å². The standard InChI is InChI=1S/C22H32N2O5/c1-5-11-24(12-6-2)13-7-8-17-9-10-18-14-19(23-16(3)25)22(26)29-21(18)20(17)28-15-27-4/h9-10,14H,5-8,11-13,15H2,1-4H3,(H,23,25). The largest absolute Gasteiger partial charge is 0.463 e. The fourth-order valence-corrected chi connectivity index (χ4v) is 3.41. The molecule has 0 atom stereocenters. The molecule has 0 aliphatic heterocycles. The molecule has 7 heteroatoms. The number of benzene rings is 1. The Labute approximate surface area is 172 Å². The van der Waals surface area contributed by atoms with E-state index in [-0.39, 0.29) is 18.4 Å². The number of rotatable bonds is 12. The Hall–Kier alpha value is -2.38. The van der Waals surface area contributed by atoms with Crippen LogP contribution in [0.25, 0.3) is 11.0 Å². The summed E-state index contributed by atoms with van der Waals surface area (Å²) in [6.07, 6.45) is 4.05. The number of anilines is 1. The van der Waals surface area contributed by atoms with Gasteiger partial charge in [-0.1, -0.05) is 26.0 Å². The lowest BCUT2D eigenvalue weighted by Crippen LogP contribution is -2.26. The number of nitrogens with zero attached hydrogens (tertiary/aromatic N) is 1. The van der Waals surface area contributed by atoms with E-state index in [1.165, 1.54) is 6.92 Å². The highest BCUT2D eigenvalue weighted by atomic mass is 16.7. The van der Waals surface area contributed by atoms with Crippen LogP contribution in [-0.2, 0) is 16.0 Å². The SMILES string of the molecule is CCCN(CCC)CCCc1ccc2cc(NC(C)=O)c(=O)oc2c1OCOC. The van der Waals surface area contributed by atoms with Gasteiger partial charge in [0.1, 0.15) is 5.69 Å². The van der Waals surface area contributed by atoms with Crippen LogP contribution < -0.4 is 15.7 Å². The van der Waals surface area contributed by atoms with Gasteiger partial charge >= 0.3 is 5.63 Å². The van der Waals surface area contributed by atoms with E-state index < -0.39 is 5.63 Å². The summed E-state index contributed by atoms with van der Waals surface area (Å²) in [6.45, 7) is 8.99. The van der Waals surface area contributed by atoms with E-state index in [2.05, 4.69) is 24.1 Å². The van der Waals surface area contributed by atoms with E-state index in [0.717, 1.165) is 50.9 Å². The zero-order valence-electron chi connectivity index (χ0n) is 17.9. The first-order valence-electron chi connectivity index (χ1n) is 10.2. The maximum absolute atomic E-state index is 12.3. The molecule has 7 nitrogen and oxygen atoms in total. The maximum Gasteiger partial charge on any atom is 0.360 e. The van der Waals surface area contributed by atoms with Gasteiger partial charge in [0.15, 0.2) is 18.1 Å². The highest BCUT2D eigenvalue weighted by Crippen LogP contribution is 2.31. The highest BCUT2D eigenvalue weighted by molar-refractivity contribution is 5.92. The number of aryl methyl sites for hydroxylation is 1. The quantitative estimate of drug-likeness (QED) is 0.428. The van der Waals surface area contributed by atoms with Gasteiger partial charge in [-0.15, -0.1) is 0 Å². The van der Waals surface area contributed by atoms with Crippen molar-refractivity contribution >= 4 is 22.6 Å². The summed E-state index contributed by atoms with van der Waals surface area (Å²) in [5.41, 5.74) is 0.852. The average Bonchev–Trinajstić information content (AvgIpc) is 2.67. The van der Waals surface area contributed by atoms with E-state index in [4.69, 9.17) is 13.9 Å². The van der Waals surface area contributed by atoms with Gasteiger partial charge in [-0.2, -0.15) is 0 Å². The lowest BCUT2D eigenvalue weighted by molar-refractivity contribution is -0.114. The van der Waals surface area contributed by atoms with Crippen molar-refractivity contribution in [2.75, 3.05) is 38.9 Å². The Balaban J connectivity index is 2.29. The van der Waals surface area contributed by atoms with Crippen LogP contribution in [0.5, 0.6) is 5.75 Å². The number of ether oxygens (including phenoxy) is 2. The molecule has 0 saturated carbocycles. The van der Waals surface area contributed by atoms with Crippen molar-refractivity contribution in [2.24, 2.45) is 0 Å². The van der Waals surface area contributed by atoms with Crippen molar-refractivity contribution in [3.05, 3.63) is 34.2 Å². The minimum absolute atomic E-state index is 0.0566. The predicted octanol–water partition coefficient (Wildman–Crippen LogP) is 3.79.